The van der Waals surface area contributed by atoms with Gasteiger partial charge in [0.25, 0.3) is 11.8 Å². The number of carboxylic acid groups (broad SMARTS) is 1. The van der Waals surface area contributed by atoms with Crippen LogP contribution in [0.15, 0.2) is 142 Å². The molecule has 0 unspecified atom stereocenters. The summed E-state index contributed by atoms with van der Waals surface area (Å²) in [6.45, 7) is 1.03. The number of amides is 2. The highest BCUT2D eigenvalue weighted by Crippen LogP contribution is 2.25. The van der Waals surface area contributed by atoms with Crippen molar-refractivity contribution >= 4 is 82.9 Å². The number of aliphatic hydroxyl groups excluding tert-OH is 3. The van der Waals surface area contributed by atoms with Crippen LogP contribution < -0.4 is 19.5 Å². The van der Waals surface area contributed by atoms with Crippen LogP contribution in [0.2, 0.25) is 0 Å². The van der Waals surface area contributed by atoms with E-state index >= 15 is 0 Å². The molecule has 2 amide bonds. The number of hydrogen-bond donors (Lipinski definition) is 5. The highest BCUT2D eigenvalue weighted by Gasteiger charge is 2.24. The number of ether oxygens (including phenoxy) is 3. The number of likely N-dealkylation sites (N-methyl/N-ethyl adjacent to an activating group) is 3. The second-order valence-corrected chi connectivity index (χ2v) is 17.0. The molecule has 0 atom stereocenters. The summed E-state index contributed by atoms with van der Waals surface area (Å²) in [5.74, 6) is 0.886. The molecule has 6 rings (SSSR count). The Morgan fingerprint density at radius 2 is 0.838 bits per heavy atom. The lowest BCUT2D eigenvalue weighted by molar-refractivity contribution is 0.0691. The average molecular weight is 1210 g/mol. The van der Waals surface area contributed by atoms with Crippen molar-refractivity contribution in [3.63, 3.8) is 0 Å². The molecule has 0 fully saturated rings. The van der Waals surface area contributed by atoms with Gasteiger partial charge in [0.2, 0.25) is 0 Å². The molecule has 0 aromatic heterocycles. The number of methoxy groups -OCH3 is 3. The van der Waals surface area contributed by atoms with Crippen LogP contribution in [0.25, 0.3) is 0 Å². The van der Waals surface area contributed by atoms with E-state index in [0.717, 1.165) is 0 Å². The van der Waals surface area contributed by atoms with Crippen LogP contribution in [0.4, 0.5) is 0 Å². The molecular formula is C55H60Br3N3O13. The second-order valence-electron chi connectivity index (χ2n) is 15.1. The van der Waals surface area contributed by atoms with E-state index in [0.29, 0.717) is 66.1 Å². The molecule has 74 heavy (non-hydrogen) atoms. The zero-order valence-electron chi connectivity index (χ0n) is 41.9. The van der Waals surface area contributed by atoms with Gasteiger partial charge in [-0.05, 0) is 91.7 Å². The van der Waals surface area contributed by atoms with E-state index in [1.807, 2.05) is 5.83 Å². The Hall–Kier alpha value is -6.58. The van der Waals surface area contributed by atoms with E-state index in [4.69, 9.17) is 34.6 Å². The lowest BCUT2D eigenvalue weighted by atomic mass is 9.97. The van der Waals surface area contributed by atoms with E-state index in [1.54, 1.807) is 142 Å². The van der Waals surface area contributed by atoms with Gasteiger partial charge in [-0.25, -0.2) is 4.79 Å². The SMILES string of the molecule is CBr.CNCCO.COc1cccc(C(=O)c2cc(Br)ccc2C(=O)N(C)CCO)c1.COc1cccc(C(=O)c2ccc(Br)cc2C(=O)N(C)CCO)c1.COc1cccc(C(=O)c2ccccc2C(=O)O)c1. The number of rotatable bonds is 18. The average Bonchev–Trinajstić information content (AvgIpc) is 3.43. The van der Waals surface area contributed by atoms with Crippen LogP contribution in [0.3, 0.4) is 0 Å². The second kappa shape index (κ2) is 34.0. The van der Waals surface area contributed by atoms with Crippen molar-refractivity contribution in [1.29, 1.82) is 0 Å². The number of benzene rings is 6. The molecule has 0 aliphatic carbocycles. The highest BCUT2D eigenvalue weighted by molar-refractivity contribution is 9.10. The fraction of sp³-hybridized carbons (Fsp3) is 0.236. The summed E-state index contributed by atoms with van der Waals surface area (Å²) in [5, 5.41) is 37.9. The number of aromatic carboxylic acids is 1. The van der Waals surface area contributed by atoms with Crippen LogP contribution >= 0.6 is 47.8 Å². The van der Waals surface area contributed by atoms with Gasteiger partial charge >= 0.3 is 5.97 Å². The predicted molar refractivity (Wildman–Crippen MR) is 295 cm³/mol. The minimum atomic E-state index is -1.12. The van der Waals surface area contributed by atoms with E-state index in [1.165, 1.54) is 43.3 Å². The first-order valence-electron chi connectivity index (χ1n) is 22.3. The maximum absolute atomic E-state index is 12.9. The van der Waals surface area contributed by atoms with Gasteiger partial charge in [0.05, 0.1) is 57.8 Å². The molecule has 0 radical (unpaired) electrons. The number of alkyl halides is 1. The number of nitrogens with zero attached hydrogens (tertiary/aromatic N) is 2. The van der Waals surface area contributed by atoms with Crippen molar-refractivity contribution in [2.75, 3.05) is 87.8 Å². The summed E-state index contributed by atoms with van der Waals surface area (Å²) in [5.41, 5.74) is 2.62. The van der Waals surface area contributed by atoms with Crippen molar-refractivity contribution < 1.29 is 63.4 Å². The maximum atomic E-state index is 12.9. The van der Waals surface area contributed by atoms with Crippen LogP contribution in [0.1, 0.15) is 78.8 Å². The third-order valence-electron chi connectivity index (χ3n) is 10.2. The summed E-state index contributed by atoms with van der Waals surface area (Å²) >= 11 is 9.61. The smallest absolute Gasteiger partial charge is 0.336 e. The molecule has 16 nitrogen and oxygen atoms in total. The Kier molecular flexibility index (Phi) is 29.2. The molecule has 0 aliphatic rings. The van der Waals surface area contributed by atoms with Gasteiger partial charge in [0, 0.05) is 76.1 Å². The number of nitrogens with one attached hydrogen (secondary N) is 1. The van der Waals surface area contributed by atoms with Gasteiger partial charge in [-0.2, -0.15) is 0 Å². The van der Waals surface area contributed by atoms with Gasteiger partial charge in [0.1, 0.15) is 17.2 Å². The van der Waals surface area contributed by atoms with E-state index in [2.05, 4.69) is 53.1 Å². The first kappa shape index (κ1) is 63.5. The molecule has 0 saturated heterocycles. The Morgan fingerprint density at radius 3 is 1.20 bits per heavy atom. The number of aliphatic hydroxyl groups is 3. The summed E-state index contributed by atoms with van der Waals surface area (Å²) in [6.07, 6.45) is 0. The van der Waals surface area contributed by atoms with Crippen LogP contribution in [-0.4, -0.2) is 153 Å². The fourth-order valence-corrected chi connectivity index (χ4v) is 7.16. The normalized spacial score (nSPS) is 9.91. The molecular weight excluding hydrogens is 1150 g/mol. The van der Waals surface area contributed by atoms with Crippen LogP contribution in [0.5, 0.6) is 17.2 Å². The Balaban J connectivity index is 0.000000359. The van der Waals surface area contributed by atoms with Gasteiger partial charge in [-0.3, -0.25) is 24.0 Å². The molecule has 0 spiro atoms. The minimum Gasteiger partial charge on any atom is -0.497 e. The summed E-state index contributed by atoms with van der Waals surface area (Å²) in [4.78, 5) is 77.0. The van der Waals surface area contributed by atoms with E-state index in [-0.39, 0.29) is 78.8 Å². The molecule has 19 heteroatoms. The van der Waals surface area contributed by atoms with Gasteiger partial charge in [-0.1, -0.05) is 102 Å². The monoisotopic (exact) mass is 1210 g/mol. The first-order chi connectivity index (χ1) is 35.5. The number of carbonyl (C=O) groups is 6. The molecule has 6 aromatic rings. The quantitative estimate of drug-likeness (QED) is 0.0403. The van der Waals surface area contributed by atoms with Gasteiger partial charge in [0.15, 0.2) is 17.3 Å². The molecule has 5 N–H and O–H groups in total. The highest BCUT2D eigenvalue weighted by atomic mass is 79.9. The maximum Gasteiger partial charge on any atom is 0.336 e. The molecule has 0 heterocycles. The summed E-state index contributed by atoms with van der Waals surface area (Å²) in [6, 6.07) is 36.2. The molecule has 6 aromatic carbocycles. The van der Waals surface area contributed by atoms with E-state index in [9.17, 15) is 28.8 Å². The largest absolute Gasteiger partial charge is 0.497 e. The molecule has 394 valence electrons. The summed E-state index contributed by atoms with van der Waals surface area (Å²) in [7, 11) is 9.54. The lowest BCUT2D eigenvalue weighted by Gasteiger charge is -2.18. The minimum absolute atomic E-state index is 0.00433. The summed E-state index contributed by atoms with van der Waals surface area (Å²) < 4.78 is 16.7. The number of ketones is 3. The Bertz CT molecular complexity index is 2810. The predicted octanol–water partition coefficient (Wildman–Crippen LogP) is 8.34. The Labute approximate surface area is 456 Å². The number of carbonyl (C=O) groups excluding carboxylic acids is 5. The van der Waals surface area contributed by atoms with Gasteiger partial charge < -0.3 is 49.8 Å². The number of halogens is 3. The zero-order chi connectivity index (χ0) is 55.3. The van der Waals surface area contributed by atoms with Crippen molar-refractivity contribution in [2.24, 2.45) is 0 Å². The molecule has 0 bridgehead atoms. The number of hydrogen-bond acceptors (Lipinski definition) is 13. The molecule has 0 saturated carbocycles. The topological polar surface area (TPSA) is 230 Å². The van der Waals surface area contributed by atoms with E-state index < -0.39 is 5.97 Å². The van der Waals surface area contributed by atoms with Crippen molar-refractivity contribution in [3.8, 4) is 17.2 Å². The lowest BCUT2D eigenvalue weighted by Crippen LogP contribution is -2.30. The first-order valence-corrected chi connectivity index (χ1v) is 25.5. The third-order valence-corrected chi connectivity index (χ3v) is 11.2. The Morgan fingerprint density at radius 1 is 0.473 bits per heavy atom. The van der Waals surface area contributed by atoms with Crippen molar-refractivity contribution in [1.82, 2.24) is 15.1 Å². The van der Waals surface area contributed by atoms with Crippen LogP contribution in [0, 0.1) is 0 Å². The molecule has 0 aliphatic heterocycles. The standard InChI is InChI=1S/2C18H18BrNO4.C15H12O4.C3H9NO.CH3Br/c1-20(8-9-21)18(23)15-7-6-13(19)11-16(15)17(22)12-4-3-5-14(10-12)24-2;1-20(8-9-21)18(23)16-11-13(19)6-7-15(16)17(22)12-4-3-5-14(10-12)24-2;1-19-11-6-4-5-10(9-11)14(16)12-7-2-3-8-13(12)15(17)18;1-4-2-3-5;1-2/h2*3-7,10-11,21H,8-9H2,1-2H3;2-9H,1H3,(H,17,18);4-5H,2-3H2,1H3;1H3. The van der Waals surface area contributed by atoms with Crippen LogP contribution in [-0.2, 0) is 0 Å². The third kappa shape index (κ3) is 19.4. The van der Waals surface area contributed by atoms with Crippen molar-refractivity contribution in [3.05, 3.63) is 192 Å². The fourth-order valence-electron chi connectivity index (χ4n) is 6.44. The van der Waals surface area contributed by atoms with Crippen molar-refractivity contribution in [2.45, 2.75) is 0 Å². The zero-order valence-corrected chi connectivity index (χ0v) is 46.7. The number of carboxylic acids is 1. The van der Waals surface area contributed by atoms with Gasteiger partial charge in [-0.15, -0.1) is 0 Å².